The maximum absolute atomic E-state index is 11.8. The molecule has 0 aliphatic rings. The van der Waals surface area contributed by atoms with Crippen LogP contribution in [0.2, 0.25) is 0 Å². The number of benzene rings is 3. The first kappa shape index (κ1) is 26.8. The summed E-state index contributed by atoms with van der Waals surface area (Å²) in [6.45, 7) is 3.45. The first-order chi connectivity index (χ1) is 18.4. The standard InChI is InChI=1S/C29H31N3O5S/c1-4-37-27-15-19(5-12-26(27)33)18-32(29(38)31-22-8-6-20(7-9-22)28(34)36-3)14-13-21-17-30-25-11-10-23(35-2)16-24(21)25/h5-12,15-17,30,33H,4,13-14,18H2,1-3H3,(H,31,38). The number of carbonyl (C=O) groups is 1. The molecule has 0 spiro atoms. The lowest BCUT2D eigenvalue weighted by molar-refractivity contribution is 0.0600. The first-order valence-electron chi connectivity index (χ1n) is 12.2. The summed E-state index contributed by atoms with van der Waals surface area (Å²) in [5, 5.41) is 15.0. The lowest BCUT2D eigenvalue weighted by Crippen LogP contribution is -2.35. The molecule has 3 aromatic carbocycles. The van der Waals surface area contributed by atoms with Crippen LogP contribution in [0.15, 0.2) is 66.9 Å². The van der Waals surface area contributed by atoms with Gasteiger partial charge in [0.25, 0.3) is 0 Å². The summed E-state index contributed by atoms with van der Waals surface area (Å²) < 4.78 is 15.8. The van der Waals surface area contributed by atoms with Crippen LogP contribution in [0.1, 0.15) is 28.4 Å². The Morgan fingerprint density at radius 2 is 1.87 bits per heavy atom. The molecule has 0 aliphatic heterocycles. The minimum Gasteiger partial charge on any atom is -0.504 e. The van der Waals surface area contributed by atoms with Crippen LogP contribution in [0.4, 0.5) is 5.69 Å². The zero-order chi connectivity index (χ0) is 27.1. The topological polar surface area (TPSA) is 96.1 Å². The Hall–Kier alpha value is -4.24. The van der Waals surface area contributed by atoms with Gasteiger partial charge in [-0.05, 0) is 91.3 Å². The van der Waals surface area contributed by atoms with Gasteiger partial charge in [-0.25, -0.2) is 4.79 Å². The van der Waals surface area contributed by atoms with Gasteiger partial charge in [-0.2, -0.15) is 0 Å². The van der Waals surface area contributed by atoms with Crippen LogP contribution >= 0.6 is 12.2 Å². The number of carbonyl (C=O) groups excluding carboxylic acids is 1. The number of esters is 1. The molecule has 8 nitrogen and oxygen atoms in total. The number of H-pyrrole nitrogens is 1. The molecule has 0 fully saturated rings. The summed E-state index contributed by atoms with van der Waals surface area (Å²) in [5.41, 5.74) is 4.35. The Bertz CT molecular complexity index is 1420. The van der Waals surface area contributed by atoms with Crippen LogP contribution in [0, 0.1) is 0 Å². The Morgan fingerprint density at radius 3 is 2.58 bits per heavy atom. The van der Waals surface area contributed by atoms with Crippen molar-refractivity contribution in [3.8, 4) is 17.2 Å². The van der Waals surface area contributed by atoms with Gasteiger partial charge in [0.1, 0.15) is 5.75 Å². The largest absolute Gasteiger partial charge is 0.504 e. The number of rotatable bonds is 10. The fourth-order valence-electron chi connectivity index (χ4n) is 4.16. The van der Waals surface area contributed by atoms with Gasteiger partial charge in [-0.15, -0.1) is 0 Å². The second-order valence-electron chi connectivity index (χ2n) is 8.63. The maximum atomic E-state index is 11.8. The van der Waals surface area contributed by atoms with E-state index in [0.29, 0.717) is 36.1 Å². The molecule has 0 saturated carbocycles. The average molecular weight is 534 g/mol. The molecular formula is C29H31N3O5S. The average Bonchev–Trinajstić information content (AvgIpc) is 3.34. The van der Waals surface area contributed by atoms with Crippen molar-refractivity contribution >= 4 is 39.9 Å². The summed E-state index contributed by atoms with van der Waals surface area (Å²) in [6, 6.07) is 18.2. The number of ether oxygens (including phenoxy) is 3. The van der Waals surface area contributed by atoms with Crippen molar-refractivity contribution in [3.63, 3.8) is 0 Å². The predicted octanol–water partition coefficient (Wildman–Crippen LogP) is 5.51. The van der Waals surface area contributed by atoms with Gasteiger partial charge in [0.2, 0.25) is 0 Å². The molecule has 9 heteroatoms. The van der Waals surface area contributed by atoms with Crippen molar-refractivity contribution in [2.75, 3.05) is 32.7 Å². The number of aromatic hydroxyl groups is 1. The van der Waals surface area contributed by atoms with Crippen molar-refractivity contribution in [1.29, 1.82) is 0 Å². The minimum absolute atomic E-state index is 0.0984. The number of nitrogens with one attached hydrogen (secondary N) is 2. The number of phenols is 1. The summed E-state index contributed by atoms with van der Waals surface area (Å²) in [4.78, 5) is 17.2. The molecule has 38 heavy (non-hydrogen) atoms. The number of thiocarbonyl (C=S) groups is 1. The van der Waals surface area contributed by atoms with E-state index in [1.807, 2.05) is 43.5 Å². The molecule has 0 amide bonds. The Kier molecular flexibility index (Phi) is 8.70. The number of anilines is 1. The molecule has 3 N–H and O–H groups in total. The van der Waals surface area contributed by atoms with E-state index in [4.69, 9.17) is 26.4 Å². The zero-order valence-corrected chi connectivity index (χ0v) is 22.4. The van der Waals surface area contributed by atoms with E-state index < -0.39 is 5.97 Å². The van der Waals surface area contributed by atoms with Crippen LogP contribution in [-0.2, 0) is 17.7 Å². The molecule has 0 saturated heterocycles. The van der Waals surface area contributed by atoms with Gasteiger partial charge in [0.15, 0.2) is 16.6 Å². The number of aromatic amines is 1. The predicted molar refractivity (Wildman–Crippen MR) is 152 cm³/mol. The van der Waals surface area contributed by atoms with Crippen LogP contribution in [-0.4, -0.2) is 53.4 Å². The van der Waals surface area contributed by atoms with E-state index >= 15 is 0 Å². The van der Waals surface area contributed by atoms with E-state index in [9.17, 15) is 9.90 Å². The van der Waals surface area contributed by atoms with E-state index in [1.165, 1.54) is 7.11 Å². The minimum atomic E-state index is -0.395. The fourth-order valence-corrected chi connectivity index (χ4v) is 4.43. The van der Waals surface area contributed by atoms with E-state index in [0.717, 1.165) is 39.9 Å². The lowest BCUT2D eigenvalue weighted by Gasteiger charge is -2.26. The van der Waals surface area contributed by atoms with Crippen LogP contribution < -0.4 is 14.8 Å². The number of methoxy groups -OCH3 is 2. The van der Waals surface area contributed by atoms with Gasteiger partial charge in [-0.3, -0.25) is 0 Å². The van der Waals surface area contributed by atoms with E-state index in [2.05, 4.69) is 15.2 Å². The summed E-state index contributed by atoms with van der Waals surface area (Å²) in [6.07, 6.45) is 2.74. The highest BCUT2D eigenvalue weighted by Gasteiger charge is 2.15. The molecule has 198 valence electrons. The quantitative estimate of drug-likeness (QED) is 0.181. The summed E-state index contributed by atoms with van der Waals surface area (Å²) in [5.74, 6) is 0.941. The van der Waals surface area contributed by atoms with E-state index in [-0.39, 0.29) is 5.75 Å². The van der Waals surface area contributed by atoms with Crippen molar-refractivity contribution in [1.82, 2.24) is 9.88 Å². The number of aromatic nitrogens is 1. The Labute approximate surface area is 227 Å². The van der Waals surface area contributed by atoms with Gasteiger partial charge >= 0.3 is 5.97 Å². The molecular weight excluding hydrogens is 502 g/mol. The van der Waals surface area contributed by atoms with Crippen molar-refractivity contribution < 1.29 is 24.1 Å². The monoisotopic (exact) mass is 533 g/mol. The first-order valence-corrected chi connectivity index (χ1v) is 12.7. The van der Waals surface area contributed by atoms with Crippen LogP contribution in [0.3, 0.4) is 0 Å². The van der Waals surface area contributed by atoms with Crippen molar-refractivity contribution in [2.24, 2.45) is 0 Å². The number of fused-ring (bicyclic) bond motifs is 1. The molecule has 0 unspecified atom stereocenters. The molecule has 1 aromatic heterocycles. The molecule has 0 radical (unpaired) electrons. The summed E-state index contributed by atoms with van der Waals surface area (Å²) in [7, 11) is 3.01. The second-order valence-corrected chi connectivity index (χ2v) is 9.02. The van der Waals surface area contributed by atoms with Gasteiger partial charge < -0.3 is 34.5 Å². The molecule has 0 aliphatic carbocycles. The highest BCUT2D eigenvalue weighted by atomic mass is 32.1. The Balaban J connectivity index is 1.56. The molecule has 4 rings (SSSR count). The van der Waals surface area contributed by atoms with Crippen LogP contribution in [0.5, 0.6) is 17.2 Å². The highest BCUT2D eigenvalue weighted by molar-refractivity contribution is 7.80. The second kappa shape index (κ2) is 12.3. The fraction of sp³-hybridized carbons (Fsp3) is 0.241. The number of phenolic OH excluding ortho intramolecular Hbond substituents is 1. The Morgan fingerprint density at radius 1 is 1.08 bits per heavy atom. The SMILES string of the molecule is CCOc1cc(CN(CCc2c[nH]c3ccc(OC)cc23)C(=S)Nc2ccc(C(=O)OC)cc2)ccc1O. The van der Waals surface area contributed by atoms with Crippen LogP contribution in [0.25, 0.3) is 10.9 Å². The maximum Gasteiger partial charge on any atom is 0.337 e. The molecule has 0 bridgehead atoms. The summed E-state index contributed by atoms with van der Waals surface area (Å²) >= 11 is 5.82. The third-order valence-electron chi connectivity index (χ3n) is 6.17. The van der Waals surface area contributed by atoms with Gasteiger partial charge in [0, 0.05) is 35.9 Å². The number of nitrogens with zero attached hydrogens (tertiary/aromatic N) is 1. The van der Waals surface area contributed by atoms with Gasteiger partial charge in [-0.1, -0.05) is 6.07 Å². The third-order valence-corrected chi connectivity index (χ3v) is 6.53. The van der Waals surface area contributed by atoms with Gasteiger partial charge in [0.05, 0.1) is 26.4 Å². The third kappa shape index (κ3) is 6.36. The number of hydrogen-bond donors (Lipinski definition) is 3. The lowest BCUT2D eigenvalue weighted by atomic mass is 10.1. The van der Waals surface area contributed by atoms with Crippen molar-refractivity contribution in [2.45, 2.75) is 19.9 Å². The molecule has 0 atom stereocenters. The highest BCUT2D eigenvalue weighted by Crippen LogP contribution is 2.28. The molecule has 1 heterocycles. The normalized spacial score (nSPS) is 10.7. The van der Waals surface area contributed by atoms with Crippen molar-refractivity contribution in [3.05, 3.63) is 83.6 Å². The molecule has 4 aromatic rings. The zero-order valence-electron chi connectivity index (χ0n) is 21.6. The smallest absolute Gasteiger partial charge is 0.337 e. The van der Waals surface area contributed by atoms with E-state index in [1.54, 1.807) is 37.4 Å². The number of hydrogen-bond acceptors (Lipinski definition) is 6.